The van der Waals surface area contributed by atoms with Crippen molar-refractivity contribution in [3.05, 3.63) is 12.1 Å². The molecule has 88 valence electrons. The van der Waals surface area contributed by atoms with Gasteiger partial charge in [0.05, 0.1) is 5.69 Å². The Bertz CT molecular complexity index is 361. The Balaban J connectivity index is 1.96. The van der Waals surface area contributed by atoms with Crippen LogP contribution in [0.1, 0.15) is 12.8 Å². The zero-order chi connectivity index (χ0) is 11.5. The van der Waals surface area contributed by atoms with Crippen LogP contribution in [0.15, 0.2) is 12.1 Å². The summed E-state index contributed by atoms with van der Waals surface area (Å²) in [6.45, 7) is 2.13. The van der Waals surface area contributed by atoms with E-state index in [1.165, 1.54) is 0 Å². The van der Waals surface area contributed by atoms with Crippen LogP contribution in [0.3, 0.4) is 0 Å². The molecule has 0 saturated carbocycles. The average molecular weight is 222 g/mol. The highest BCUT2D eigenvalue weighted by molar-refractivity contribution is 5.58. The van der Waals surface area contributed by atoms with Gasteiger partial charge >= 0.3 is 0 Å². The summed E-state index contributed by atoms with van der Waals surface area (Å²) in [5.41, 5.74) is 11.7. The Morgan fingerprint density at radius 2 is 2.00 bits per heavy atom. The van der Waals surface area contributed by atoms with Gasteiger partial charge in [-0.15, -0.1) is 0 Å². The van der Waals surface area contributed by atoms with Crippen LogP contribution in [-0.4, -0.2) is 36.1 Å². The maximum Gasteiger partial charge on any atom is 0.215 e. The van der Waals surface area contributed by atoms with Crippen molar-refractivity contribution < 1.29 is 4.74 Å². The lowest BCUT2D eigenvalue weighted by Crippen LogP contribution is -2.35. The molecule has 0 aliphatic carbocycles. The molecule has 2 rings (SSSR count). The quantitative estimate of drug-likeness (QED) is 0.771. The second-order valence-electron chi connectivity index (χ2n) is 4.24. The summed E-state index contributed by atoms with van der Waals surface area (Å²) in [5.74, 6) is 0.909. The van der Waals surface area contributed by atoms with Crippen molar-refractivity contribution in [1.82, 2.24) is 9.88 Å². The molecule has 5 nitrogen and oxygen atoms in total. The lowest BCUT2D eigenvalue weighted by Gasteiger charge is -2.28. The van der Waals surface area contributed by atoms with E-state index in [4.69, 9.17) is 16.2 Å². The second kappa shape index (κ2) is 4.57. The number of hydrogen-bond donors (Lipinski definition) is 2. The molecule has 1 aliphatic heterocycles. The molecule has 0 amide bonds. The SMILES string of the molecule is CN1CCC(Oc2ccc(N)c(N)n2)CC1. The van der Waals surface area contributed by atoms with Crippen LogP contribution in [0.25, 0.3) is 0 Å². The fourth-order valence-corrected chi connectivity index (χ4v) is 1.81. The molecule has 1 aromatic rings. The topological polar surface area (TPSA) is 77.4 Å². The van der Waals surface area contributed by atoms with Crippen molar-refractivity contribution in [3.8, 4) is 5.88 Å². The van der Waals surface area contributed by atoms with Crippen LogP contribution < -0.4 is 16.2 Å². The predicted octanol–water partition coefficient (Wildman–Crippen LogP) is 0.719. The van der Waals surface area contributed by atoms with Gasteiger partial charge in [-0.25, -0.2) is 0 Å². The molecule has 1 saturated heterocycles. The minimum absolute atomic E-state index is 0.242. The highest BCUT2D eigenvalue weighted by Crippen LogP contribution is 2.20. The van der Waals surface area contributed by atoms with Crippen LogP contribution in [0.2, 0.25) is 0 Å². The maximum absolute atomic E-state index is 5.77. The van der Waals surface area contributed by atoms with Gasteiger partial charge in [0.1, 0.15) is 6.10 Å². The van der Waals surface area contributed by atoms with Crippen molar-refractivity contribution in [2.24, 2.45) is 0 Å². The third kappa shape index (κ3) is 2.55. The van der Waals surface area contributed by atoms with E-state index in [1.807, 2.05) is 0 Å². The van der Waals surface area contributed by atoms with Gasteiger partial charge < -0.3 is 21.1 Å². The van der Waals surface area contributed by atoms with Gasteiger partial charge in [0.25, 0.3) is 0 Å². The Kier molecular flexibility index (Phi) is 3.14. The van der Waals surface area contributed by atoms with Gasteiger partial charge in [0.15, 0.2) is 5.82 Å². The van der Waals surface area contributed by atoms with E-state index in [9.17, 15) is 0 Å². The zero-order valence-corrected chi connectivity index (χ0v) is 9.52. The molecule has 1 fully saturated rings. The molecule has 4 N–H and O–H groups in total. The molecule has 1 aromatic heterocycles. The first-order valence-electron chi connectivity index (χ1n) is 5.52. The third-order valence-electron chi connectivity index (χ3n) is 2.88. The van der Waals surface area contributed by atoms with Crippen LogP contribution in [-0.2, 0) is 0 Å². The monoisotopic (exact) mass is 222 g/mol. The number of pyridine rings is 1. The van der Waals surface area contributed by atoms with Crippen LogP contribution >= 0.6 is 0 Å². The summed E-state index contributed by atoms with van der Waals surface area (Å²) in [6, 6.07) is 3.50. The summed E-state index contributed by atoms with van der Waals surface area (Å²) in [4.78, 5) is 6.40. The Hall–Kier alpha value is -1.49. The van der Waals surface area contributed by atoms with E-state index in [2.05, 4.69) is 16.9 Å². The number of nitrogen functional groups attached to an aromatic ring is 2. The fourth-order valence-electron chi connectivity index (χ4n) is 1.81. The standard InChI is InChI=1S/C11H18N4O/c1-15-6-4-8(5-7-15)16-10-3-2-9(12)11(13)14-10/h2-3,8H,4-7,12H2,1H3,(H2,13,14). The van der Waals surface area contributed by atoms with Gasteiger partial charge in [0.2, 0.25) is 5.88 Å². The van der Waals surface area contributed by atoms with E-state index < -0.39 is 0 Å². The van der Waals surface area contributed by atoms with E-state index in [0.29, 0.717) is 17.4 Å². The molecule has 0 bridgehead atoms. The third-order valence-corrected chi connectivity index (χ3v) is 2.88. The number of nitrogens with zero attached hydrogens (tertiary/aromatic N) is 2. The lowest BCUT2D eigenvalue weighted by molar-refractivity contribution is 0.110. The number of anilines is 2. The number of rotatable bonds is 2. The predicted molar refractivity (Wildman–Crippen MR) is 64.2 cm³/mol. The summed E-state index contributed by atoms with van der Waals surface area (Å²) in [7, 11) is 2.12. The van der Waals surface area contributed by atoms with Gasteiger partial charge in [-0.2, -0.15) is 4.98 Å². The molecule has 2 heterocycles. The first-order valence-corrected chi connectivity index (χ1v) is 5.52. The van der Waals surface area contributed by atoms with Crippen molar-refractivity contribution in [2.75, 3.05) is 31.6 Å². The molecule has 1 aliphatic rings. The Morgan fingerprint density at radius 1 is 1.31 bits per heavy atom. The Morgan fingerprint density at radius 3 is 2.62 bits per heavy atom. The normalized spacial score (nSPS) is 18.6. The number of piperidine rings is 1. The maximum atomic E-state index is 5.77. The summed E-state index contributed by atoms with van der Waals surface area (Å²) < 4.78 is 5.77. The van der Waals surface area contributed by atoms with Crippen LogP contribution in [0, 0.1) is 0 Å². The zero-order valence-electron chi connectivity index (χ0n) is 9.52. The highest BCUT2D eigenvalue weighted by Gasteiger charge is 2.18. The smallest absolute Gasteiger partial charge is 0.215 e. The number of ether oxygens (including phenoxy) is 1. The van der Waals surface area contributed by atoms with Crippen molar-refractivity contribution in [2.45, 2.75) is 18.9 Å². The lowest BCUT2D eigenvalue weighted by atomic mass is 10.1. The molecule has 0 atom stereocenters. The van der Waals surface area contributed by atoms with Gasteiger partial charge in [-0.3, -0.25) is 0 Å². The fraction of sp³-hybridized carbons (Fsp3) is 0.545. The molecule has 0 unspecified atom stereocenters. The number of aromatic nitrogens is 1. The first-order chi connectivity index (χ1) is 7.65. The van der Waals surface area contributed by atoms with Gasteiger partial charge in [0, 0.05) is 19.2 Å². The molecule has 0 radical (unpaired) electrons. The van der Waals surface area contributed by atoms with E-state index in [-0.39, 0.29) is 6.10 Å². The molecule has 5 heteroatoms. The molecular weight excluding hydrogens is 204 g/mol. The van der Waals surface area contributed by atoms with Gasteiger partial charge in [-0.05, 0) is 26.0 Å². The largest absolute Gasteiger partial charge is 0.474 e. The molecule has 16 heavy (non-hydrogen) atoms. The van der Waals surface area contributed by atoms with Crippen LogP contribution in [0.4, 0.5) is 11.5 Å². The summed E-state index contributed by atoms with van der Waals surface area (Å²) in [6.07, 6.45) is 2.30. The van der Waals surface area contributed by atoms with Crippen LogP contribution in [0.5, 0.6) is 5.88 Å². The van der Waals surface area contributed by atoms with Crippen molar-refractivity contribution in [1.29, 1.82) is 0 Å². The van der Waals surface area contributed by atoms with E-state index in [0.717, 1.165) is 25.9 Å². The number of hydrogen-bond acceptors (Lipinski definition) is 5. The van der Waals surface area contributed by atoms with Crippen molar-refractivity contribution >= 4 is 11.5 Å². The summed E-state index contributed by atoms with van der Waals surface area (Å²) >= 11 is 0. The highest BCUT2D eigenvalue weighted by atomic mass is 16.5. The van der Waals surface area contributed by atoms with Crippen molar-refractivity contribution in [3.63, 3.8) is 0 Å². The van der Waals surface area contributed by atoms with E-state index in [1.54, 1.807) is 12.1 Å². The number of nitrogens with two attached hydrogens (primary N) is 2. The van der Waals surface area contributed by atoms with Gasteiger partial charge in [-0.1, -0.05) is 0 Å². The average Bonchev–Trinajstić information content (AvgIpc) is 2.27. The summed E-state index contributed by atoms with van der Waals surface area (Å²) in [5, 5.41) is 0. The first kappa shape index (κ1) is 11.0. The molecular formula is C11H18N4O. The number of likely N-dealkylation sites (tertiary alicyclic amines) is 1. The second-order valence-corrected chi connectivity index (χ2v) is 4.24. The molecule has 0 aromatic carbocycles. The minimum atomic E-state index is 0.242. The molecule has 0 spiro atoms. The van der Waals surface area contributed by atoms with E-state index >= 15 is 0 Å². The Labute approximate surface area is 95.4 Å². The minimum Gasteiger partial charge on any atom is -0.474 e.